The maximum absolute atomic E-state index is 12.8. The molecule has 29 heavy (non-hydrogen) atoms. The van der Waals surface area contributed by atoms with Crippen LogP contribution >= 0.6 is 11.6 Å². The molecular weight excluding hydrogens is 388 g/mol. The molecule has 0 fully saturated rings. The van der Waals surface area contributed by atoms with E-state index >= 15 is 0 Å². The van der Waals surface area contributed by atoms with Crippen molar-refractivity contribution >= 4 is 40.0 Å². The van der Waals surface area contributed by atoms with Crippen LogP contribution in [-0.2, 0) is 4.79 Å². The number of ether oxygens (including phenoxy) is 2. The lowest BCUT2D eigenvalue weighted by Gasteiger charge is -2.12. The van der Waals surface area contributed by atoms with E-state index in [2.05, 4.69) is 5.32 Å². The number of halogens is 1. The minimum atomic E-state index is -0.528. The highest BCUT2D eigenvalue weighted by Crippen LogP contribution is 2.33. The Bertz CT molecular complexity index is 1160. The molecular formula is C23H19ClN2O3. The Morgan fingerprint density at radius 2 is 1.90 bits per heavy atom. The Kier molecular flexibility index (Phi) is 6.06. The van der Waals surface area contributed by atoms with Crippen LogP contribution in [0.1, 0.15) is 11.1 Å². The number of hydrogen-bond acceptors (Lipinski definition) is 4. The van der Waals surface area contributed by atoms with Crippen LogP contribution in [0.4, 0.5) is 5.69 Å². The highest BCUT2D eigenvalue weighted by molar-refractivity contribution is 6.31. The van der Waals surface area contributed by atoms with Gasteiger partial charge >= 0.3 is 0 Å². The number of hydrogen-bond donors (Lipinski definition) is 1. The van der Waals surface area contributed by atoms with E-state index in [4.69, 9.17) is 21.1 Å². The monoisotopic (exact) mass is 406 g/mol. The largest absolute Gasteiger partial charge is 0.497 e. The van der Waals surface area contributed by atoms with Gasteiger partial charge in [0.2, 0.25) is 0 Å². The van der Waals surface area contributed by atoms with Gasteiger partial charge in [0, 0.05) is 16.3 Å². The number of carbonyl (C=O) groups is 1. The summed E-state index contributed by atoms with van der Waals surface area (Å²) in [6.07, 6.45) is 1.52. The Labute approximate surface area is 174 Å². The van der Waals surface area contributed by atoms with Crippen molar-refractivity contribution in [3.8, 4) is 17.6 Å². The summed E-state index contributed by atoms with van der Waals surface area (Å²) in [4.78, 5) is 12.8. The molecule has 3 rings (SSSR count). The maximum atomic E-state index is 12.8. The fourth-order valence-corrected chi connectivity index (χ4v) is 3.16. The zero-order valence-electron chi connectivity index (χ0n) is 16.2. The lowest BCUT2D eigenvalue weighted by Crippen LogP contribution is -2.14. The van der Waals surface area contributed by atoms with Crippen LogP contribution in [0.5, 0.6) is 11.5 Å². The van der Waals surface area contributed by atoms with Crippen molar-refractivity contribution in [3.05, 3.63) is 70.3 Å². The molecule has 0 unspecified atom stereocenters. The second-order valence-electron chi connectivity index (χ2n) is 6.30. The number of benzene rings is 3. The number of nitriles is 1. The Balaban J connectivity index is 2.08. The molecule has 3 aromatic carbocycles. The third-order valence-electron chi connectivity index (χ3n) is 4.62. The van der Waals surface area contributed by atoms with Gasteiger partial charge in [-0.05, 0) is 59.7 Å². The Morgan fingerprint density at radius 1 is 1.14 bits per heavy atom. The Hall–Kier alpha value is -3.49. The summed E-state index contributed by atoms with van der Waals surface area (Å²) < 4.78 is 10.8. The van der Waals surface area contributed by atoms with Crippen LogP contribution in [0, 0.1) is 18.3 Å². The molecule has 0 radical (unpaired) electrons. The van der Waals surface area contributed by atoms with Crippen LogP contribution in [0.2, 0.25) is 5.02 Å². The first-order chi connectivity index (χ1) is 14.0. The molecule has 3 aromatic rings. The van der Waals surface area contributed by atoms with Gasteiger partial charge in [-0.1, -0.05) is 29.8 Å². The number of rotatable bonds is 5. The highest BCUT2D eigenvalue weighted by atomic mass is 35.5. The number of amides is 1. The quantitative estimate of drug-likeness (QED) is 0.457. The van der Waals surface area contributed by atoms with Crippen molar-refractivity contribution in [1.82, 2.24) is 0 Å². The van der Waals surface area contributed by atoms with Gasteiger partial charge in [-0.25, -0.2) is 0 Å². The summed E-state index contributed by atoms with van der Waals surface area (Å²) >= 11 is 6.11. The van der Waals surface area contributed by atoms with Gasteiger partial charge in [0.15, 0.2) is 0 Å². The smallest absolute Gasteiger partial charge is 0.266 e. The van der Waals surface area contributed by atoms with Gasteiger partial charge in [0.1, 0.15) is 23.1 Å². The molecule has 6 heteroatoms. The van der Waals surface area contributed by atoms with Gasteiger partial charge < -0.3 is 14.8 Å². The van der Waals surface area contributed by atoms with Crippen molar-refractivity contribution in [1.29, 1.82) is 5.26 Å². The molecule has 0 aliphatic heterocycles. The summed E-state index contributed by atoms with van der Waals surface area (Å²) in [7, 11) is 3.12. The number of carbonyl (C=O) groups excluding carboxylic acids is 1. The summed E-state index contributed by atoms with van der Waals surface area (Å²) in [6.45, 7) is 1.80. The van der Waals surface area contributed by atoms with Crippen molar-refractivity contribution in [2.45, 2.75) is 6.92 Å². The minimum Gasteiger partial charge on any atom is -0.497 e. The summed E-state index contributed by atoms with van der Waals surface area (Å²) in [5.74, 6) is 0.683. The number of anilines is 1. The topological polar surface area (TPSA) is 71.3 Å². The Morgan fingerprint density at radius 3 is 2.59 bits per heavy atom. The van der Waals surface area contributed by atoms with Gasteiger partial charge in [-0.3, -0.25) is 4.79 Å². The fraction of sp³-hybridized carbons (Fsp3) is 0.130. The molecule has 0 aromatic heterocycles. The first-order valence-electron chi connectivity index (χ1n) is 8.81. The van der Waals surface area contributed by atoms with Crippen molar-refractivity contribution in [2.24, 2.45) is 0 Å². The van der Waals surface area contributed by atoms with E-state index in [-0.39, 0.29) is 5.57 Å². The summed E-state index contributed by atoms with van der Waals surface area (Å²) in [5, 5.41) is 14.7. The number of methoxy groups -OCH3 is 2. The second-order valence-corrected chi connectivity index (χ2v) is 6.71. The zero-order valence-corrected chi connectivity index (χ0v) is 17.0. The number of fused-ring (bicyclic) bond motifs is 1. The predicted octanol–water partition coefficient (Wildman–Crippen LogP) is 5.36. The van der Waals surface area contributed by atoms with Gasteiger partial charge in [-0.15, -0.1) is 0 Å². The van der Waals surface area contributed by atoms with E-state index < -0.39 is 5.91 Å². The summed E-state index contributed by atoms with van der Waals surface area (Å²) in [6, 6.07) is 16.5. The van der Waals surface area contributed by atoms with Crippen molar-refractivity contribution in [3.63, 3.8) is 0 Å². The SMILES string of the molecule is COc1ccc2ccc(OC)c(/C=C(\C#N)C(=O)Nc3cccc(Cl)c3C)c2c1. The zero-order chi connectivity index (χ0) is 21.0. The van der Waals surface area contributed by atoms with Crippen molar-refractivity contribution in [2.75, 3.05) is 19.5 Å². The molecule has 0 atom stereocenters. The standard InChI is InChI=1S/C23H19ClN2O3/c1-14-20(24)5-4-6-21(14)26-23(27)16(13-25)11-19-18-12-17(28-2)9-7-15(18)8-10-22(19)29-3/h4-12H,1-3H3,(H,26,27)/b16-11+. The third kappa shape index (κ3) is 4.18. The van der Waals surface area contributed by atoms with Crippen LogP contribution in [0.25, 0.3) is 16.8 Å². The molecule has 0 aliphatic rings. The lowest BCUT2D eigenvalue weighted by atomic mass is 10.0. The molecule has 0 bridgehead atoms. The average Bonchev–Trinajstić information content (AvgIpc) is 2.74. The van der Waals surface area contributed by atoms with Crippen molar-refractivity contribution < 1.29 is 14.3 Å². The van der Waals surface area contributed by atoms with E-state index in [0.717, 1.165) is 16.3 Å². The normalized spacial score (nSPS) is 11.1. The fourth-order valence-electron chi connectivity index (χ4n) is 2.98. The number of nitrogens with one attached hydrogen (secondary N) is 1. The molecule has 0 heterocycles. The lowest BCUT2D eigenvalue weighted by molar-refractivity contribution is -0.112. The summed E-state index contributed by atoms with van der Waals surface area (Å²) in [5.41, 5.74) is 1.85. The molecule has 0 spiro atoms. The van der Waals surface area contributed by atoms with E-state index in [1.165, 1.54) is 6.08 Å². The van der Waals surface area contributed by atoms with E-state index in [1.807, 2.05) is 30.3 Å². The average molecular weight is 407 g/mol. The van der Waals surface area contributed by atoms with Gasteiger partial charge in [0.25, 0.3) is 5.91 Å². The van der Waals surface area contributed by atoms with E-state index in [9.17, 15) is 10.1 Å². The van der Waals surface area contributed by atoms with E-state index in [1.54, 1.807) is 45.4 Å². The molecule has 5 nitrogen and oxygen atoms in total. The van der Waals surface area contributed by atoms with E-state index in [0.29, 0.717) is 27.8 Å². The van der Waals surface area contributed by atoms with Gasteiger partial charge in [0.05, 0.1) is 14.2 Å². The second kappa shape index (κ2) is 8.68. The van der Waals surface area contributed by atoms with Crippen LogP contribution < -0.4 is 14.8 Å². The number of nitrogens with zero attached hydrogens (tertiary/aromatic N) is 1. The molecule has 1 amide bonds. The molecule has 146 valence electrons. The first kappa shape index (κ1) is 20.2. The molecule has 0 aliphatic carbocycles. The van der Waals surface area contributed by atoms with Gasteiger partial charge in [-0.2, -0.15) is 5.26 Å². The van der Waals surface area contributed by atoms with Crippen LogP contribution in [0.3, 0.4) is 0 Å². The molecule has 0 saturated heterocycles. The van der Waals surface area contributed by atoms with Crippen LogP contribution in [0.15, 0.2) is 54.1 Å². The maximum Gasteiger partial charge on any atom is 0.266 e. The molecule has 0 saturated carbocycles. The predicted molar refractivity (Wildman–Crippen MR) is 115 cm³/mol. The first-order valence-corrected chi connectivity index (χ1v) is 9.19. The third-order valence-corrected chi connectivity index (χ3v) is 5.03. The minimum absolute atomic E-state index is 0.0574. The molecule has 1 N–H and O–H groups in total. The highest BCUT2D eigenvalue weighted by Gasteiger charge is 2.15. The van der Waals surface area contributed by atoms with Crippen LogP contribution in [-0.4, -0.2) is 20.1 Å².